The van der Waals surface area contributed by atoms with Gasteiger partial charge in [0.15, 0.2) is 5.82 Å². The minimum atomic E-state index is -0.807. The number of halogens is 2. The topological polar surface area (TPSA) is 58.4 Å². The molecule has 0 saturated carbocycles. The molecule has 1 unspecified atom stereocenters. The molecule has 92 valence electrons. The molecule has 0 aliphatic carbocycles. The number of nitrogens with one attached hydrogen (secondary N) is 1. The Kier molecular flexibility index (Phi) is 2.87. The molecule has 0 aromatic heterocycles. The Morgan fingerprint density at radius 3 is 2.88 bits per heavy atom. The minimum absolute atomic E-state index is 0.132. The fraction of sp³-hybridized carbons (Fsp3) is 0.364. The second-order valence-corrected chi connectivity index (χ2v) is 3.98. The number of nitrogen functional groups attached to an aromatic ring is 1. The predicted molar refractivity (Wildman–Crippen MR) is 60.6 cm³/mol. The first kappa shape index (κ1) is 11.6. The summed E-state index contributed by atoms with van der Waals surface area (Å²) in [5.74, 6) is -1.69. The van der Waals surface area contributed by atoms with Gasteiger partial charge in [0.05, 0.1) is 11.4 Å². The van der Waals surface area contributed by atoms with Crippen LogP contribution in [0.3, 0.4) is 0 Å². The lowest BCUT2D eigenvalue weighted by molar-refractivity contribution is -0.122. The standard InChI is InChI=1S/C11H13F2N3O/c1-6-11(17)15-2-3-16(6)9-5-7(12)4-8(13)10(9)14/h4-6H,2-3,14H2,1H3,(H,15,17). The van der Waals surface area contributed by atoms with Gasteiger partial charge in [-0.05, 0) is 13.0 Å². The van der Waals surface area contributed by atoms with Crippen LogP contribution in [0.1, 0.15) is 6.92 Å². The van der Waals surface area contributed by atoms with Crippen molar-refractivity contribution < 1.29 is 13.6 Å². The lowest BCUT2D eigenvalue weighted by Crippen LogP contribution is -2.54. The summed E-state index contributed by atoms with van der Waals surface area (Å²) in [7, 11) is 0. The van der Waals surface area contributed by atoms with Gasteiger partial charge in [-0.1, -0.05) is 0 Å². The van der Waals surface area contributed by atoms with Crippen LogP contribution in [0.2, 0.25) is 0 Å². The number of amides is 1. The van der Waals surface area contributed by atoms with Gasteiger partial charge in [0.25, 0.3) is 0 Å². The molecule has 6 heteroatoms. The summed E-state index contributed by atoms with van der Waals surface area (Å²) in [6, 6.07) is 1.38. The van der Waals surface area contributed by atoms with Crippen molar-refractivity contribution in [1.82, 2.24) is 5.32 Å². The van der Waals surface area contributed by atoms with Crippen LogP contribution < -0.4 is 16.0 Å². The Morgan fingerprint density at radius 1 is 1.47 bits per heavy atom. The van der Waals surface area contributed by atoms with E-state index >= 15 is 0 Å². The van der Waals surface area contributed by atoms with Gasteiger partial charge in [0.1, 0.15) is 11.9 Å². The quantitative estimate of drug-likeness (QED) is 0.717. The Balaban J connectivity index is 2.42. The predicted octanol–water partition coefficient (Wildman–Crippen LogP) is 0.872. The number of hydrogen-bond donors (Lipinski definition) is 2. The van der Waals surface area contributed by atoms with E-state index in [9.17, 15) is 13.6 Å². The lowest BCUT2D eigenvalue weighted by atomic mass is 10.1. The Labute approximate surface area is 97.4 Å². The Hall–Kier alpha value is -1.85. The van der Waals surface area contributed by atoms with Crippen molar-refractivity contribution in [2.45, 2.75) is 13.0 Å². The molecule has 0 radical (unpaired) electrons. The molecule has 1 saturated heterocycles. The van der Waals surface area contributed by atoms with E-state index in [1.807, 2.05) is 0 Å². The molecule has 3 N–H and O–H groups in total. The first-order valence-electron chi connectivity index (χ1n) is 5.29. The maximum absolute atomic E-state index is 13.3. The summed E-state index contributed by atoms with van der Waals surface area (Å²) in [6.45, 7) is 2.57. The number of benzene rings is 1. The van der Waals surface area contributed by atoms with E-state index in [0.717, 1.165) is 12.1 Å². The molecule has 0 bridgehead atoms. The summed E-state index contributed by atoms with van der Waals surface area (Å²) in [6.07, 6.45) is 0. The van der Waals surface area contributed by atoms with Gasteiger partial charge in [0.2, 0.25) is 5.91 Å². The van der Waals surface area contributed by atoms with E-state index < -0.39 is 17.7 Å². The number of carbonyl (C=O) groups excluding carboxylic acids is 1. The summed E-state index contributed by atoms with van der Waals surface area (Å²) < 4.78 is 26.5. The van der Waals surface area contributed by atoms with Gasteiger partial charge in [-0.2, -0.15) is 0 Å². The molecule has 0 spiro atoms. The number of rotatable bonds is 1. The van der Waals surface area contributed by atoms with E-state index in [-0.39, 0.29) is 17.3 Å². The van der Waals surface area contributed by atoms with Gasteiger partial charge < -0.3 is 16.0 Å². The molecular weight excluding hydrogens is 228 g/mol. The first-order valence-corrected chi connectivity index (χ1v) is 5.29. The molecule has 1 aliphatic rings. The lowest BCUT2D eigenvalue weighted by Gasteiger charge is -2.35. The molecule has 1 heterocycles. The highest BCUT2D eigenvalue weighted by Crippen LogP contribution is 2.29. The maximum atomic E-state index is 13.3. The highest BCUT2D eigenvalue weighted by atomic mass is 19.1. The van der Waals surface area contributed by atoms with Gasteiger partial charge in [-0.25, -0.2) is 8.78 Å². The van der Waals surface area contributed by atoms with Crippen molar-refractivity contribution in [3.8, 4) is 0 Å². The monoisotopic (exact) mass is 241 g/mol. The summed E-state index contributed by atoms with van der Waals surface area (Å²) in [5.41, 5.74) is 5.67. The average molecular weight is 241 g/mol. The maximum Gasteiger partial charge on any atom is 0.242 e. The van der Waals surface area contributed by atoms with Crippen LogP contribution in [0.5, 0.6) is 0 Å². The molecule has 1 aromatic carbocycles. The minimum Gasteiger partial charge on any atom is -0.395 e. The van der Waals surface area contributed by atoms with Crippen molar-refractivity contribution in [3.05, 3.63) is 23.8 Å². The third kappa shape index (κ3) is 2.02. The number of hydrogen-bond acceptors (Lipinski definition) is 3. The van der Waals surface area contributed by atoms with Crippen molar-refractivity contribution >= 4 is 17.3 Å². The first-order chi connectivity index (χ1) is 8.00. The summed E-state index contributed by atoms with van der Waals surface area (Å²) in [5, 5.41) is 2.67. The van der Waals surface area contributed by atoms with Crippen molar-refractivity contribution in [2.24, 2.45) is 0 Å². The zero-order valence-electron chi connectivity index (χ0n) is 9.34. The fourth-order valence-electron chi connectivity index (χ4n) is 1.92. The van der Waals surface area contributed by atoms with Crippen LogP contribution in [-0.4, -0.2) is 25.0 Å². The van der Waals surface area contributed by atoms with Crippen molar-refractivity contribution in [3.63, 3.8) is 0 Å². The highest BCUT2D eigenvalue weighted by Gasteiger charge is 2.27. The van der Waals surface area contributed by atoms with E-state index in [1.54, 1.807) is 11.8 Å². The largest absolute Gasteiger partial charge is 0.395 e. The highest BCUT2D eigenvalue weighted by molar-refractivity contribution is 5.87. The number of nitrogens with two attached hydrogens (primary N) is 1. The molecule has 1 atom stereocenters. The van der Waals surface area contributed by atoms with Gasteiger partial charge >= 0.3 is 0 Å². The number of carbonyl (C=O) groups is 1. The number of nitrogens with zero attached hydrogens (tertiary/aromatic N) is 1. The van der Waals surface area contributed by atoms with Crippen molar-refractivity contribution in [1.29, 1.82) is 0 Å². The van der Waals surface area contributed by atoms with Crippen molar-refractivity contribution in [2.75, 3.05) is 23.7 Å². The molecule has 2 rings (SSSR count). The van der Waals surface area contributed by atoms with Gasteiger partial charge in [0, 0.05) is 19.2 Å². The van der Waals surface area contributed by atoms with Crippen LogP contribution in [-0.2, 0) is 4.79 Å². The summed E-state index contributed by atoms with van der Waals surface area (Å²) in [4.78, 5) is 13.1. The molecule has 1 aromatic rings. The summed E-state index contributed by atoms with van der Waals surface area (Å²) >= 11 is 0. The third-order valence-corrected chi connectivity index (χ3v) is 2.88. The average Bonchev–Trinajstić information content (AvgIpc) is 2.27. The second kappa shape index (κ2) is 4.20. The zero-order chi connectivity index (χ0) is 12.6. The fourth-order valence-corrected chi connectivity index (χ4v) is 1.92. The molecule has 4 nitrogen and oxygen atoms in total. The third-order valence-electron chi connectivity index (χ3n) is 2.88. The molecule has 1 fully saturated rings. The van der Waals surface area contributed by atoms with E-state index in [4.69, 9.17) is 5.73 Å². The van der Waals surface area contributed by atoms with Crippen LogP contribution in [0.25, 0.3) is 0 Å². The van der Waals surface area contributed by atoms with E-state index in [2.05, 4.69) is 5.32 Å². The molecular formula is C11H13F2N3O. The Morgan fingerprint density at radius 2 is 2.18 bits per heavy atom. The molecule has 1 aliphatic heterocycles. The van der Waals surface area contributed by atoms with E-state index in [1.165, 1.54) is 0 Å². The SMILES string of the molecule is CC1C(=O)NCCN1c1cc(F)cc(F)c1N. The number of anilines is 2. The molecule has 17 heavy (non-hydrogen) atoms. The molecule has 1 amide bonds. The number of piperazine rings is 1. The second-order valence-electron chi connectivity index (χ2n) is 3.98. The van der Waals surface area contributed by atoms with Crippen LogP contribution in [0.15, 0.2) is 12.1 Å². The zero-order valence-corrected chi connectivity index (χ0v) is 9.34. The van der Waals surface area contributed by atoms with Crippen LogP contribution in [0, 0.1) is 11.6 Å². The van der Waals surface area contributed by atoms with E-state index in [0.29, 0.717) is 13.1 Å². The van der Waals surface area contributed by atoms with Crippen LogP contribution >= 0.6 is 0 Å². The normalized spacial score (nSPS) is 20.3. The smallest absolute Gasteiger partial charge is 0.242 e. The Bertz CT molecular complexity index is 464. The van der Waals surface area contributed by atoms with Crippen LogP contribution in [0.4, 0.5) is 20.2 Å². The van der Waals surface area contributed by atoms with Gasteiger partial charge in [-0.3, -0.25) is 4.79 Å². The van der Waals surface area contributed by atoms with Gasteiger partial charge in [-0.15, -0.1) is 0 Å².